The molecule has 4 aromatic carbocycles. The van der Waals surface area contributed by atoms with Crippen LogP contribution in [0.3, 0.4) is 0 Å². The van der Waals surface area contributed by atoms with Crippen LogP contribution in [-0.4, -0.2) is 13.2 Å². The largest absolute Gasteiger partial charge is 0.453 e. The van der Waals surface area contributed by atoms with Gasteiger partial charge in [0.2, 0.25) is 0 Å². The van der Waals surface area contributed by atoms with Crippen LogP contribution < -0.4 is 9.05 Å². The summed E-state index contributed by atoms with van der Waals surface area (Å²) in [6, 6.07) is 14.2. The van der Waals surface area contributed by atoms with Crippen LogP contribution in [0.1, 0.15) is 240 Å². The van der Waals surface area contributed by atoms with Gasteiger partial charge in [0.15, 0.2) is 0 Å². The zero-order chi connectivity index (χ0) is 52.6. The van der Waals surface area contributed by atoms with Gasteiger partial charge in [-0.3, -0.25) is 0 Å². The van der Waals surface area contributed by atoms with Gasteiger partial charge in [-0.1, -0.05) is 184 Å². The molecular weight excluding hydrogens is 903 g/mol. The van der Waals surface area contributed by atoms with Crippen LogP contribution in [0.4, 0.5) is 0 Å². The Morgan fingerprint density at radius 1 is 0.429 bits per heavy atom. The van der Waals surface area contributed by atoms with E-state index in [1.807, 2.05) is 0 Å². The lowest BCUT2D eigenvalue weighted by Crippen LogP contribution is -2.21. The van der Waals surface area contributed by atoms with Gasteiger partial charge in [-0.2, -0.15) is 0 Å². The summed E-state index contributed by atoms with van der Waals surface area (Å²) in [5.41, 5.74) is 13.9. The minimum atomic E-state index is -2.15. The lowest BCUT2D eigenvalue weighted by molar-refractivity contribution is 0.180. The van der Waals surface area contributed by atoms with Gasteiger partial charge in [-0.15, -0.1) is 0 Å². The van der Waals surface area contributed by atoms with Crippen molar-refractivity contribution >= 4 is 38.8 Å². The van der Waals surface area contributed by atoms with Gasteiger partial charge >= 0.3 is 16.8 Å². The molecule has 1 saturated heterocycles. The van der Waals surface area contributed by atoms with Gasteiger partial charge in [0.05, 0.1) is 13.2 Å². The molecule has 5 aromatic rings. The summed E-state index contributed by atoms with van der Waals surface area (Å²) in [6.07, 6.45) is 3.04. The fourth-order valence-corrected chi connectivity index (χ4v) is 12.0. The van der Waals surface area contributed by atoms with E-state index in [0.29, 0.717) is 13.2 Å². The summed E-state index contributed by atoms with van der Waals surface area (Å²) in [6.45, 7) is 58.5. The van der Waals surface area contributed by atoms with Crippen LogP contribution in [0.2, 0.25) is 0 Å². The fourth-order valence-electron chi connectivity index (χ4n) is 9.81. The van der Waals surface area contributed by atoms with Gasteiger partial charge in [0.1, 0.15) is 22.7 Å². The zero-order valence-electron chi connectivity index (χ0n) is 48.4. The minimum Gasteiger partial charge on any atom is -0.426 e. The second kappa shape index (κ2) is 19.5. The van der Waals surface area contributed by atoms with Crippen molar-refractivity contribution in [2.75, 3.05) is 13.2 Å². The molecule has 6 rings (SSSR count). The normalized spacial score (nSPS) is 15.5. The van der Waals surface area contributed by atoms with Crippen LogP contribution in [-0.2, 0) is 47.0 Å². The second-order valence-corrected chi connectivity index (χ2v) is 30.0. The maximum atomic E-state index is 7.84. The third-order valence-corrected chi connectivity index (χ3v) is 16.2. The molecule has 1 aromatic heterocycles. The Kier molecular flexibility index (Phi) is 15.6. The van der Waals surface area contributed by atoms with E-state index in [1.165, 1.54) is 22.3 Å². The molecule has 0 amide bonds. The molecule has 0 unspecified atom stereocenters. The highest BCUT2D eigenvalue weighted by Gasteiger charge is 2.37. The first-order valence-corrected chi connectivity index (χ1v) is 28.3. The first-order valence-electron chi connectivity index (χ1n) is 26.1. The Labute approximate surface area is 427 Å². The van der Waals surface area contributed by atoms with Crippen LogP contribution in [0, 0.1) is 13.8 Å². The molecule has 8 heteroatoms. The van der Waals surface area contributed by atoms with Crippen molar-refractivity contribution in [1.82, 2.24) is 0 Å². The van der Waals surface area contributed by atoms with E-state index >= 15 is 0 Å². The summed E-state index contributed by atoms with van der Waals surface area (Å²) in [5, 5.41) is 2.08. The van der Waals surface area contributed by atoms with Crippen LogP contribution in [0.25, 0.3) is 33.1 Å². The Hall–Kier alpha value is -3.27. The second-order valence-electron chi connectivity index (χ2n) is 27.9. The molecule has 6 nitrogen and oxygen atoms in total. The molecule has 0 spiro atoms. The molecule has 1 aliphatic rings. The smallest absolute Gasteiger partial charge is 0.426 e. The summed E-state index contributed by atoms with van der Waals surface area (Å²) in [7, 11) is -3.83. The molecule has 70 heavy (non-hydrogen) atoms. The van der Waals surface area contributed by atoms with Gasteiger partial charge in [0.25, 0.3) is 0 Å². The van der Waals surface area contributed by atoms with Gasteiger partial charge in [0, 0.05) is 38.6 Å². The van der Waals surface area contributed by atoms with Crippen molar-refractivity contribution in [3.8, 4) is 22.6 Å². The summed E-state index contributed by atoms with van der Waals surface area (Å²) >= 11 is 0. The third kappa shape index (κ3) is 11.9. The van der Waals surface area contributed by atoms with E-state index < -0.39 is 16.8 Å². The van der Waals surface area contributed by atoms with E-state index in [0.717, 1.165) is 97.2 Å². The monoisotopic (exact) mass is 995 g/mol. The summed E-state index contributed by atoms with van der Waals surface area (Å²) in [4.78, 5) is 0. The topological polar surface area (TPSA) is 63.2 Å². The molecule has 0 atom stereocenters. The van der Waals surface area contributed by atoms with Crippen molar-refractivity contribution < 1.29 is 26.5 Å². The van der Waals surface area contributed by atoms with Gasteiger partial charge in [-0.25, -0.2) is 0 Å². The minimum absolute atomic E-state index is 0.123. The van der Waals surface area contributed by atoms with Crippen molar-refractivity contribution in [3.05, 3.63) is 92.0 Å². The Morgan fingerprint density at radius 2 is 0.814 bits per heavy atom. The molecule has 1 fully saturated rings. The van der Waals surface area contributed by atoms with Crippen LogP contribution >= 0.6 is 16.8 Å². The Bertz CT molecular complexity index is 2670. The lowest BCUT2D eigenvalue weighted by atomic mass is 9.73. The van der Waals surface area contributed by atoms with Gasteiger partial charge in [-0.05, 0) is 128 Å². The average molecular weight is 995 g/mol. The van der Waals surface area contributed by atoms with E-state index in [-0.39, 0.29) is 43.8 Å². The molecule has 1 aliphatic heterocycles. The number of hydrogen-bond acceptors (Lipinski definition) is 6. The summed E-state index contributed by atoms with van der Waals surface area (Å²) < 4.78 is 43.1. The molecule has 0 bridgehead atoms. The maximum Gasteiger partial charge on any atom is 0.453 e. The number of fused-ring (bicyclic) bond motifs is 3. The third-order valence-electron chi connectivity index (χ3n) is 14.1. The predicted octanol–water partition coefficient (Wildman–Crippen LogP) is 20.4. The molecule has 386 valence electrons. The van der Waals surface area contributed by atoms with E-state index in [2.05, 4.69) is 209 Å². The van der Waals surface area contributed by atoms with Gasteiger partial charge < -0.3 is 26.5 Å². The van der Waals surface area contributed by atoms with E-state index in [9.17, 15) is 0 Å². The number of benzene rings is 4. The number of rotatable bonds is 6. The van der Waals surface area contributed by atoms with Crippen LogP contribution in [0.5, 0.6) is 11.5 Å². The SMILES string of the molecule is Cc1c(C(C)(C)C)cc(C(C)C)c(OP2OCCCCCO2)c1-c1c(C)c(C(C)(C)C)cc(C(C)(C)C)c1Op1oc2c(C(C)(C)C)cc(C(C)(C)C)cc2c2cc(C(C)(C)C)cc(C(C)(C)C)c2o1. The molecule has 0 saturated carbocycles. The van der Waals surface area contributed by atoms with E-state index in [1.54, 1.807) is 0 Å². The highest BCUT2D eigenvalue weighted by molar-refractivity contribution is 7.42. The van der Waals surface area contributed by atoms with Crippen molar-refractivity contribution in [1.29, 1.82) is 0 Å². The first kappa shape index (κ1) is 56.0. The average Bonchev–Trinajstić information content (AvgIpc) is 3.32. The molecule has 0 N–H and O–H groups in total. The van der Waals surface area contributed by atoms with E-state index in [4.69, 9.17) is 26.5 Å². The lowest BCUT2D eigenvalue weighted by Gasteiger charge is -2.34. The van der Waals surface area contributed by atoms with Crippen molar-refractivity contribution in [2.45, 2.75) is 236 Å². The molecule has 0 radical (unpaired) electrons. The highest BCUT2D eigenvalue weighted by Crippen LogP contribution is 2.57. The number of hydrogen-bond donors (Lipinski definition) is 0. The Morgan fingerprint density at radius 3 is 1.19 bits per heavy atom. The first-order chi connectivity index (χ1) is 31.8. The standard InChI is InChI=1S/C62H92O6P2/c1-37(2)42-35-45(58(11,12)13)38(3)50(54(42)67-69-63-29-27-26-28-30-64-69)51-39(4)46(59(14,15)16)36-49(62(23,24)25)55(51)68-70-65-52-43(31-40(56(5,6)7)33-47(52)60(17,18)19)44-32-41(57(8,9)10)34-48(53(44)66-70)61(20,21)22/h31-37H,26-30H2,1-25H3. The predicted molar refractivity (Wildman–Crippen MR) is 302 cm³/mol. The quantitative estimate of drug-likeness (QED) is 0.158. The van der Waals surface area contributed by atoms with Crippen LogP contribution in [0.15, 0.2) is 44.8 Å². The molecule has 0 aliphatic carbocycles. The van der Waals surface area contributed by atoms with Crippen molar-refractivity contribution in [2.24, 2.45) is 0 Å². The Balaban J connectivity index is 1.91. The zero-order valence-corrected chi connectivity index (χ0v) is 50.2. The van der Waals surface area contributed by atoms with Crippen molar-refractivity contribution in [3.63, 3.8) is 0 Å². The fraction of sp³-hybridized carbons (Fsp3) is 0.613. The summed E-state index contributed by atoms with van der Waals surface area (Å²) in [5.74, 6) is 1.68. The maximum absolute atomic E-state index is 7.84. The molecule has 2 heterocycles. The highest BCUT2D eigenvalue weighted by atomic mass is 31.2. The molecular formula is C62H92O6P2.